The SMILES string of the molecule is CCCCCCCCCCCCCCCCCCCCC(=O)OC[C@H](COP(=O)(O)OC[C@@H](O)COP(=O)(O)OC[C@@H](COC(=O)CCCCCCCCCCCCC(C)C)OC(=O)CCCCCCCCCCCCC(C)C)OC(=O)CCCCCCCCCCCCCCCCCCC(C)C. The molecule has 0 aliphatic rings. The maximum Gasteiger partial charge on any atom is 0.472 e. The van der Waals surface area contributed by atoms with Crippen LogP contribution in [0.4, 0.5) is 0 Å². The van der Waals surface area contributed by atoms with Gasteiger partial charge >= 0.3 is 39.5 Å². The zero-order valence-electron chi connectivity index (χ0n) is 67.8. The summed E-state index contributed by atoms with van der Waals surface area (Å²) >= 11 is 0. The summed E-state index contributed by atoms with van der Waals surface area (Å²) < 4.78 is 68.9. The zero-order valence-corrected chi connectivity index (χ0v) is 69.6. The lowest BCUT2D eigenvalue weighted by atomic mass is 10.0. The fraction of sp³-hybridized carbons (Fsp3) is 0.952. The van der Waals surface area contributed by atoms with Crippen LogP contribution in [-0.2, 0) is 65.4 Å². The Morgan fingerprint density at radius 2 is 0.447 bits per heavy atom. The number of carbonyl (C=O) groups is 4. The first-order chi connectivity index (χ1) is 49.7. The third-order valence-electron chi connectivity index (χ3n) is 19.6. The van der Waals surface area contributed by atoms with Crippen LogP contribution in [0, 0.1) is 17.8 Å². The predicted molar refractivity (Wildman–Crippen MR) is 423 cm³/mol. The van der Waals surface area contributed by atoms with Gasteiger partial charge in [0.25, 0.3) is 0 Å². The van der Waals surface area contributed by atoms with Crippen molar-refractivity contribution in [1.29, 1.82) is 0 Å². The molecular weight excluding hydrogens is 1340 g/mol. The summed E-state index contributed by atoms with van der Waals surface area (Å²) in [5.41, 5.74) is 0. The van der Waals surface area contributed by atoms with E-state index in [9.17, 15) is 43.2 Å². The van der Waals surface area contributed by atoms with Crippen LogP contribution in [0.1, 0.15) is 440 Å². The van der Waals surface area contributed by atoms with Crippen LogP contribution >= 0.6 is 15.6 Å². The van der Waals surface area contributed by atoms with E-state index in [-0.39, 0.29) is 25.7 Å². The lowest BCUT2D eigenvalue weighted by molar-refractivity contribution is -0.161. The van der Waals surface area contributed by atoms with E-state index in [1.165, 1.54) is 250 Å². The largest absolute Gasteiger partial charge is 0.472 e. The molecule has 0 aromatic heterocycles. The number of ether oxygens (including phenoxy) is 4. The minimum Gasteiger partial charge on any atom is -0.462 e. The number of aliphatic hydroxyl groups is 1. The van der Waals surface area contributed by atoms with Gasteiger partial charge in [0.2, 0.25) is 0 Å². The Morgan fingerprint density at radius 3 is 0.660 bits per heavy atom. The molecule has 0 spiro atoms. The molecule has 0 aliphatic heterocycles. The van der Waals surface area contributed by atoms with Gasteiger partial charge in [-0.2, -0.15) is 0 Å². The Labute approximate surface area is 632 Å². The molecule has 5 atom stereocenters. The van der Waals surface area contributed by atoms with Crippen molar-refractivity contribution in [3.8, 4) is 0 Å². The molecule has 0 bridgehead atoms. The lowest BCUT2D eigenvalue weighted by Gasteiger charge is -2.21. The number of phosphoric ester groups is 2. The van der Waals surface area contributed by atoms with Crippen molar-refractivity contribution in [1.82, 2.24) is 0 Å². The van der Waals surface area contributed by atoms with Crippen molar-refractivity contribution in [3.63, 3.8) is 0 Å². The molecule has 612 valence electrons. The predicted octanol–water partition coefficient (Wildman–Crippen LogP) is 25.3. The first-order valence-corrected chi connectivity index (χ1v) is 46.3. The normalized spacial score (nSPS) is 13.9. The molecule has 0 aliphatic carbocycles. The van der Waals surface area contributed by atoms with Gasteiger partial charge in [0, 0.05) is 25.7 Å². The fourth-order valence-corrected chi connectivity index (χ4v) is 14.6. The Kier molecular flexibility index (Phi) is 72.8. The van der Waals surface area contributed by atoms with Crippen LogP contribution in [0.2, 0.25) is 0 Å². The second-order valence-electron chi connectivity index (χ2n) is 31.6. The molecule has 0 aromatic rings. The molecule has 0 aromatic carbocycles. The first-order valence-electron chi connectivity index (χ1n) is 43.3. The van der Waals surface area contributed by atoms with E-state index in [2.05, 4.69) is 48.5 Å². The van der Waals surface area contributed by atoms with E-state index >= 15 is 0 Å². The van der Waals surface area contributed by atoms with Crippen molar-refractivity contribution in [2.45, 2.75) is 458 Å². The second-order valence-corrected chi connectivity index (χ2v) is 34.6. The molecule has 3 N–H and O–H groups in total. The Hall–Kier alpha value is -1.94. The zero-order chi connectivity index (χ0) is 75.8. The summed E-state index contributed by atoms with van der Waals surface area (Å²) in [5.74, 6) is 0.213. The first kappa shape index (κ1) is 101. The van der Waals surface area contributed by atoms with Gasteiger partial charge in [-0.3, -0.25) is 37.3 Å². The van der Waals surface area contributed by atoms with E-state index in [0.717, 1.165) is 108 Å². The summed E-state index contributed by atoms with van der Waals surface area (Å²) in [4.78, 5) is 73.2. The Bertz CT molecular complexity index is 1990. The molecule has 0 amide bonds. The van der Waals surface area contributed by atoms with Crippen molar-refractivity contribution < 1.29 is 80.2 Å². The standard InChI is InChI=1S/C84H164O17P2/c1-8-9-10-11-12-13-14-15-16-17-18-22-25-28-37-44-51-58-65-81(86)94-71-79(100-83(88)67-60-53-46-39-29-26-23-20-19-21-24-27-34-41-48-55-62-75(2)3)73-98-102(90,91)96-69-78(85)70-97-103(92,93)99-74-80(101-84(89)68-61-54-47-40-33-31-36-43-50-57-64-77(6)7)72-95-82(87)66-59-52-45-38-32-30-35-42-49-56-63-76(4)5/h75-80,85H,8-74H2,1-7H3,(H,90,91)(H,92,93)/t78-,79-,80-/m1/s1. The van der Waals surface area contributed by atoms with Gasteiger partial charge in [-0.15, -0.1) is 0 Å². The molecule has 0 rings (SSSR count). The topological polar surface area (TPSA) is 237 Å². The van der Waals surface area contributed by atoms with Gasteiger partial charge in [-0.1, -0.05) is 389 Å². The minimum absolute atomic E-state index is 0.106. The van der Waals surface area contributed by atoms with Crippen LogP contribution in [0.25, 0.3) is 0 Å². The summed E-state index contributed by atoms with van der Waals surface area (Å²) in [7, 11) is -9.93. The molecule has 19 heteroatoms. The van der Waals surface area contributed by atoms with Crippen molar-refractivity contribution in [3.05, 3.63) is 0 Å². The Balaban J connectivity index is 5.26. The monoisotopic (exact) mass is 1510 g/mol. The molecule has 17 nitrogen and oxygen atoms in total. The molecule has 0 saturated carbocycles. The van der Waals surface area contributed by atoms with E-state index in [1.807, 2.05) is 0 Å². The Morgan fingerprint density at radius 1 is 0.262 bits per heavy atom. The summed E-state index contributed by atoms with van der Waals surface area (Å²) in [5, 5.41) is 10.7. The quantitative estimate of drug-likeness (QED) is 0.0222. The van der Waals surface area contributed by atoms with Crippen molar-refractivity contribution in [2.75, 3.05) is 39.6 Å². The van der Waals surface area contributed by atoms with E-state index in [1.54, 1.807) is 0 Å². The average Bonchev–Trinajstić information content (AvgIpc) is 0.907. The van der Waals surface area contributed by atoms with Crippen LogP contribution in [-0.4, -0.2) is 96.7 Å². The molecule has 0 saturated heterocycles. The molecular formula is C84H164O17P2. The molecule has 0 fully saturated rings. The highest BCUT2D eigenvalue weighted by Gasteiger charge is 2.30. The van der Waals surface area contributed by atoms with Crippen LogP contribution in [0.15, 0.2) is 0 Å². The highest BCUT2D eigenvalue weighted by atomic mass is 31.2. The number of hydrogen-bond donors (Lipinski definition) is 3. The van der Waals surface area contributed by atoms with Gasteiger partial charge in [0.15, 0.2) is 12.2 Å². The molecule has 2 unspecified atom stereocenters. The van der Waals surface area contributed by atoms with E-state index < -0.39 is 97.5 Å². The maximum absolute atomic E-state index is 13.1. The van der Waals surface area contributed by atoms with E-state index in [4.69, 9.17) is 37.0 Å². The number of esters is 4. The summed E-state index contributed by atoms with van der Waals surface area (Å²) in [6.07, 6.45) is 63.8. The van der Waals surface area contributed by atoms with Gasteiger partial charge in [-0.25, -0.2) is 9.13 Å². The summed E-state index contributed by atoms with van der Waals surface area (Å²) in [6, 6.07) is 0. The summed E-state index contributed by atoms with van der Waals surface area (Å²) in [6.45, 7) is 12.0. The number of unbranched alkanes of at least 4 members (excludes halogenated alkanes) is 50. The van der Waals surface area contributed by atoms with Gasteiger partial charge < -0.3 is 33.8 Å². The average molecular weight is 1510 g/mol. The second kappa shape index (κ2) is 74.2. The number of aliphatic hydroxyl groups excluding tert-OH is 1. The fourth-order valence-electron chi connectivity index (χ4n) is 13.0. The number of rotatable bonds is 82. The molecule has 0 heterocycles. The van der Waals surface area contributed by atoms with Crippen LogP contribution in [0.5, 0.6) is 0 Å². The smallest absolute Gasteiger partial charge is 0.462 e. The van der Waals surface area contributed by atoms with Crippen molar-refractivity contribution in [2.24, 2.45) is 17.8 Å². The molecule has 0 radical (unpaired) electrons. The number of hydrogen-bond acceptors (Lipinski definition) is 15. The van der Waals surface area contributed by atoms with Crippen LogP contribution < -0.4 is 0 Å². The van der Waals surface area contributed by atoms with Crippen LogP contribution in [0.3, 0.4) is 0 Å². The highest BCUT2D eigenvalue weighted by molar-refractivity contribution is 7.47. The third kappa shape index (κ3) is 78.0. The van der Waals surface area contributed by atoms with Gasteiger partial charge in [0.1, 0.15) is 19.3 Å². The third-order valence-corrected chi connectivity index (χ3v) is 21.5. The van der Waals surface area contributed by atoms with Crippen molar-refractivity contribution >= 4 is 39.5 Å². The molecule has 103 heavy (non-hydrogen) atoms. The van der Waals surface area contributed by atoms with Gasteiger partial charge in [-0.05, 0) is 43.4 Å². The number of phosphoric acid groups is 2. The highest BCUT2D eigenvalue weighted by Crippen LogP contribution is 2.45. The minimum atomic E-state index is -4.97. The lowest BCUT2D eigenvalue weighted by Crippen LogP contribution is -2.30. The van der Waals surface area contributed by atoms with Gasteiger partial charge in [0.05, 0.1) is 26.4 Å². The number of carbonyl (C=O) groups excluding carboxylic acids is 4. The maximum atomic E-state index is 13.1. The van der Waals surface area contributed by atoms with E-state index in [0.29, 0.717) is 25.7 Å².